The molecule has 0 spiro atoms. The molecule has 2 aliphatic heterocycles. The lowest BCUT2D eigenvalue weighted by Crippen LogP contribution is -2.40. The first-order chi connectivity index (χ1) is 9.81. The van der Waals surface area contributed by atoms with Crippen LogP contribution in [-0.4, -0.2) is 22.9 Å². The maximum Gasteiger partial charge on any atom is 0.168 e. The summed E-state index contributed by atoms with van der Waals surface area (Å²) in [6, 6.07) is 10.9. The highest BCUT2D eigenvalue weighted by Crippen LogP contribution is 2.33. The Bertz CT molecular complexity index is 650. The average molecular weight is 266 g/mol. The largest absolute Gasteiger partial charge is 0.311 e. The molecular formula is C17H18N2O. The van der Waals surface area contributed by atoms with Gasteiger partial charge in [0, 0.05) is 35.1 Å². The predicted octanol–water partition coefficient (Wildman–Crippen LogP) is 2.95. The SMILES string of the molecule is O=C(c1cccc2cccnc12)C1CC2CCC(C1)N2. The van der Waals surface area contributed by atoms with E-state index in [4.69, 9.17) is 0 Å². The van der Waals surface area contributed by atoms with Crippen LogP contribution in [0.25, 0.3) is 10.9 Å². The van der Waals surface area contributed by atoms with Gasteiger partial charge in [0.25, 0.3) is 0 Å². The molecule has 2 atom stereocenters. The Morgan fingerprint density at radius 3 is 2.65 bits per heavy atom. The second kappa shape index (κ2) is 4.67. The highest BCUT2D eigenvalue weighted by molar-refractivity contribution is 6.07. The molecule has 0 radical (unpaired) electrons. The summed E-state index contributed by atoms with van der Waals surface area (Å²) in [6.07, 6.45) is 6.19. The van der Waals surface area contributed by atoms with Crippen LogP contribution in [0.5, 0.6) is 0 Å². The molecular weight excluding hydrogens is 248 g/mol. The molecule has 2 fully saturated rings. The first-order valence-corrected chi connectivity index (χ1v) is 7.45. The van der Waals surface area contributed by atoms with E-state index < -0.39 is 0 Å². The van der Waals surface area contributed by atoms with Gasteiger partial charge in [-0.15, -0.1) is 0 Å². The smallest absolute Gasteiger partial charge is 0.168 e. The fourth-order valence-electron chi connectivity index (χ4n) is 3.79. The minimum Gasteiger partial charge on any atom is -0.311 e. The van der Waals surface area contributed by atoms with Crippen molar-refractivity contribution < 1.29 is 4.79 Å². The summed E-state index contributed by atoms with van der Waals surface area (Å²) >= 11 is 0. The third-order valence-electron chi connectivity index (χ3n) is 4.74. The van der Waals surface area contributed by atoms with Crippen LogP contribution in [0.1, 0.15) is 36.0 Å². The molecule has 0 aliphatic carbocycles. The minimum absolute atomic E-state index is 0.168. The molecule has 4 rings (SSSR count). The van der Waals surface area contributed by atoms with Crippen molar-refractivity contribution in [2.75, 3.05) is 0 Å². The molecule has 2 saturated heterocycles. The van der Waals surface area contributed by atoms with Crippen LogP contribution in [0.3, 0.4) is 0 Å². The first kappa shape index (κ1) is 12.0. The van der Waals surface area contributed by atoms with Crippen molar-refractivity contribution in [1.82, 2.24) is 10.3 Å². The van der Waals surface area contributed by atoms with E-state index in [-0.39, 0.29) is 11.7 Å². The van der Waals surface area contributed by atoms with Crippen LogP contribution < -0.4 is 5.32 Å². The minimum atomic E-state index is 0.168. The first-order valence-electron chi connectivity index (χ1n) is 7.45. The van der Waals surface area contributed by atoms with E-state index in [0.717, 1.165) is 29.3 Å². The Morgan fingerprint density at radius 2 is 1.85 bits per heavy atom. The molecule has 1 aromatic carbocycles. The molecule has 2 unspecified atom stereocenters. The summed E-state index contributed by atoms with van der Waals surface area (Å²) in [5.74, 6) is 0.453. The molecule has 0 saturated carbocycles. The molecule has 3 heteroatoms. The topological polar surface area (TPSA) is 42.0 Å². The number of ketones is 1. The summed E-state index contributed by atoms with van der Waals surface area (Å²) < 4.78 is 0. The molecule has 3 heterocycles. The van der Waals surface area contributed by atoms with Gasteiger partial charge < -0.3 is 5.32 Å². The molecule has 1 aromatic heterocycles. The molecule has 2 aliphatic rings. The zero-order valence-electron chi connectivity index (χ0n) is 11.4. The van der Waals surface area contributed by atoms with Crippen molar-refractivity contribution in [3.05, 3.63) is 42.1 Å². The number of hydrogen-bond donors (Lipinski definition) is 1. The molecule has 3 nitrogen and oxygen atoms in total. The number of Topliss-reactive ketones (excluding diaryl/α,β-unsaturated/α-hetero) is 1. The lowest BCUT2D eigenvalue weighted by molar-refractivity contribution is 0.0877. The number of hydrogen-bond acceptors (Lipinski definition) is 3. The van der Waals surface area contributed by atoms with Gasteiger partial charge in [-0.3, -0.25) is 9.78 Å². The third-order valence-corrected chi connectivity index (χ3v) is 4.74. The third kappa shape index (κ3) is 1.93. The number of rotatable bonds is 2. The fraction of sp³-hybridized carbons (Fsp3) is 0.412. The van der Waals surface area contributed by atoms with Gasteiger partial charge >= 0.3 is 0 Å². The van der Waals surface area contributed by atoms with Gasteiger partial charge in [0.2, 0.25) is 0 Å². The number of nitrogens with zero attached hydrogens (tertiary/aromatic N) is 1. The van der Waals surface area contributed by atoms with E-state index >= 15 is 0 Å². The number of carbonyl (C=O) groups excluding carboxylic acids is 1. The monoisotopic (exact) mass is 266 g/mol. The molecule has 1 N–H and O–H groups in total. The van der Waals surface area contributed by atoms with Gasteiger partial charge in [-0.1, -0.05) is 18.2 Å². The zero-order valence-corrected chi connectivity index (χ0v) is 11.4. The number of fused-ring (bicyclic) bond motifs is 3. The van der Waals surface area contributed by atoms with E-state index in [0.29, 0.717) is 12.1 Å². The average Bonchev–Trinajstić information content (AvgIpc) is 2.84. The van der Waals surface area contributed by atoms with Gasteiger partial charge in [-0.25, -0.2) is 0 Å². The number of nitrogens with one attached hydrogen (secondary N) is 1. The van der Waals surface area contributed by atoms with Crippen molar-refractivity contribution in [3.63, 3.8) is 0 Å². The summed E-state index contributed by atoms with van der Waals surface area (Å²) in [5.41, 5.74) is 1.65. The summed E-state index contributed by atoms with van der Waals surface area (Å²) in [4.78, 5) is 17.3. The van der Waals surface area contributed by atoms with Crippen molar-refractivity contribution in [2.24, 2.45) is 5.92 Å². The normalized spacial score (nSPS) is 28.7. The van der Waals surface area contributed by atoms with Crippen LogP contribution in [-0.2, 0) is 0 Å². The Balaban J connectivity index is 1.70. The zero-order chi connectivity index (χ0) is 13.5. The Kier molecular flexibility index (Phi) is 2.81. The lowest BCUT2D eigenvalue weighted by Gasteiger charge is -2.28. The van der Waals surface area contributed by atoms with E-state index in [1.807, 2.05) is 30.3 Å². The van der Waals surface area contributed by atoms with Crippen LogP contribution in [0.4, 0.5) is 0 Å². The second-order valence-corrected chi connectivity index (χ2v) is 6.05. The van der Waals surface area contributed by atoms with E-state index in [9.17, 15) is 4.79 Å². The van der Waals surface area contributed by atoms with E-state index in [1.54, 1.807) is 6.20 Å². The molecule has 20 heavy (non-hydrogen) atoms. The van der Waals surface area contributed by atoms with Crippen LogP contribution in [0.15, 0.2) is 36.5 Å². The Hall–Kier alpha value is -1.74. The van der Waals surface area contributed by atoms with Gasteiger partial charge in [0.05, 0.1) is 5.52 Å². The number of aromatic nitrogens is 1. The van der Waals surface area contributed by atoms with Crippen molar-refractivity contribution in [1.29, 1.82) is 0 Å². The summed E-state index contributed by atoms with van der Waals surface area (Å²) in [7, 11) is 0. The maximum atomic E-state index is 12.9. The number of pyridine rings is 1. The highest BCUT2D eigenvalue weighted by atomic mass is 16.1. The molecule has 2 aromatic rings. The number of carbonyl (C=O) groups is 1. The van der Waals surface area contributed by atoms with Crippen LogP contribution in [0.2, 0.25) is 0 Å². The maximum absolute atomic E-state index is 12.9. The quantitative estimate of drug-likeness (QED) is 0.850. The Morgan fingerprint density at radius 1 is 1.10 bits per heavy atom. The number of benzene rings is 1. The molecule has 0 amide bonds. The van der Waals surface area contributed by atoms with Crippen molar-refractivity contribution >= 4 is 16.7 Å². The molecule has 2 bridgehead atoms. The van der Waals surface area contributed by atoms with Gasteiger partial charge in [0.15, 0.2) is 5.78 Å². The standard InChI is InChI=1S/C17H18N2O/c20-17(12-9-13-6-7-14(10-12)19-13)15-5-1-3-11-4-2-8-18-16(11)15/h1-5,8,12-14,19H,6-7,9-10H2. The fourth-order valence-corrected chi connectivity index (χ4v) is 3.79. The number of para-hydroxylation sites is 1. The van der Waals surface area contributed by atoms with Gasteiger partial charge in [-0.05, 0) is 37.8 Å². The number of piperidine rings is 1. The van der Waals surface area contributed by atoms with Crippen LogP contribution >= 0.6 is 0 Å². The molecule has 102 valence electrons. The van der Waals surface area contributed by atoms with E-state index in [2.05, 4.69) is 10.3 Å². The van der Waals surface area contributed by atoms with Gasteiger partial charge in [-0.2, -0.15) is 0 Å². The van der Waals surface area contributed by atoms with E-state index in [1.165, 1.54) is 12.8 Å². The summed E-state index contributed by atoms with van der Waals surface area (Å²) in [5, 5.41) is 4.65. The summed E-state index contributed by atoms with van der Waals surface area (Å²) in [6.45, 7) is 0. The Labute approximate surface area is 118 Å². The van der Waals surface area contributed by atoms with Crippen molar-refractivity contribution in [2.45, 2.75) is 37.8 Å². The van der Waals surface area contributed by atoms with Gasteiger partial charge in [0.1, 0.15) is 0 Å². The second-order valence-electron chi connectivity index (χ2n) is 6.05. The van der Waals surface area contributed by atoms with Crippen molar-refractivity contribution in [3.8, 4) is 0 Å². The predicted molar refractivity (Wildman–Crippen MR) is 78.7 cm³/mol. The highest BCUT2D eigenvalue weighted by Gasteiger charge is 2.37. The lowest BCUT2D eigenvalue weighted by atomic mass is 9.85. The van der Waals surface area contributed by atoms with Crippen LogP contribution in [0, 0.1) is 5.92 Å².